The predicted octanol–water partition coefficient (Wildman–Crippen LogP) is 3.32. The molecule has 2 N–H and O–H groups in total. The third-order valence-electron chi connectivity index (χ3n) is 5.52. The van der Waals surface area contributed by atoms with E-state index in [0.717, 1.165) is 11.1 Å². The minimum atomic E-state index is -3.74. The molecule has 3 aromatic rings. The fraction of sp³-hybridized carbons (Fsp3) is 0.318. The number of ether oxygens (including phenoxy) is 1. The number of nitrogen functional groups attached to an aromatic ring is 1. The molecule has 8 nitrogen and oxygen atoms in total. The van der Waals surface area contributed by atoms with Gasteiger partial charge in [-0.3, -0.25) is 4.79 Å². The average Bonchev–Trinajstić information content (AvgIpc) is 3.12. The Morgan fingerprint density at radius 2 is 2.03 bits per heavy atom. The highest BCUT2D eigenvalue weighted by Gasteiger charge is 2.27. The average molecular weight is 491 g/mol. The van der Waals surface area contributed by atoms with Crippen LogP contribution < -0.4 is 10.5 Å². The van der Waals surface area contributed by atoms with Crippen molar-refractivity contribution in [1.82, 2.24) is 15.1 Å². The molecular formula is C22H23FN4O4S2. The van der Waals surface area contributed by atoms with E-state index < -0.39 is 15.7 Å². The first kappa shape index (κ1) is 23.1. The molecule has 11 heteroatoms. The van der Waals surface area contributed by atoms with E-state index in [4.69, 9.17) is 10.5 Å². The lowest BCUT2D eigenvalue weighted by molar-refractivity contribution is 0.0731. The van der Waals surface area contributed by atoms with Crippen LogP contribution in [0.2, 0.25) is 0 Å². The Labute approximate surface area is 195 Å². The maximum atomic E-state index is 15.1. The number of amides is 1. The molecule has 174 valence electrons. The van der Waals surface area contributed by atoms with Crippen LogP contribution in [0.1, 0.15) is 35.3 Å². The van der Waals surface area contributed by atoms with Crippen LogP contribution in [-0.2, 0) is 22.8 Å². The lowest BCUT2D eigenvalue weighted by Crippen LogP contribution is -2.33. The minimum Gasteiger partial charge on any atom is -0.491 e. The van der Waals surface area contributed by atoms with Gasteiger partial charge in [0.05, 0.1) is 12.3 Å². The predicted molar refractivity (Wildman–Crippen MR) is 123 cm³/mol. The molecule has 1 aliphatic rings. The Morgan fingerprint density at radius 1 is 1.24 bits per heavy atom. The third-order valence-corrected chi connectivity index (χ3v) is 8.07. The summed E-state index contributed by atoms with van der Waals surface area (Å²) in [5, 5.41) is 8.91. The highest BCUT2D eigenvalue weighted by atomic mass is 32.2. The molecule has 33 heavy (non-hydrogen) atoms. The summed E-state index contributed by atoms with van der Waals surface area (Å²) < 4.78 is 45.4. The maximum Gasteiger partial charge on any atom is 0.254 e. The number of carbonyl (C=O) groups excluding carboxylic acids is 1. The summed E-state index contributed by atoms with van der Waals surface area (Å²) in [6.07, 6.45) is 0.184. The lowest BCUT2D eigenvalue weighted by Gasteiger charge is -2.22. The zero-order chi connectivity index (χ0) is 23.8. The molecule has 0 fully saturated rings. The van der Waals surface area contributed by atoms with E-state index in [1.165, 1.54) is 30.4 Å². The zero-order valence-electron chi connectivity index (χ0n) is 18.2. The second-order valence-corrected chi connectivity index (χ2v) is 10.8. The van der Waals surface area contributed by atoms with Crippen LogP contribution in [0.4, 0.5) is 9.52 Å². The van der Waals surface area contributed by atoms with Gasteiger partial charge in [-0.1, -0.05) is 25.2 Å². The highest BCUT2D eigenvalue weighted by molar-refractivity contribution is 7.91. The molecule has 2 heterocycles. The van der Waals surface area contributed by atoms with Gasteiger partial charge in [0.15, 0.2) is 9.84 Å². The molecule has 0 aliphatic carbocycles. The number of hydrogen-bond acceptors (Lipinski definition) is 8. The maximum absolute atomic E-state index is 15.1. The van der Waals surface area contributed by atoms with Crippen molar-refractivity contribution in [1.29, 1.82) is 0 Å². The smallest absolute Gasteiger partial charge is 0.254 e. The molecule has 1 aliphatic heterocycles. The number of carbonyl (C=O) groups is 1. The number of nitrogens with zero attached hydrogens (tertiary/aromatic N) is 3. The second kappa shape index (κ2) is 9.06. The SMILES string of the molecule is CCc1c(C(=O)N2CCOc3ccc(-c4nnc(N)s4)cc3C2)ccc(S(=O)(=O)CC)c1F. The molecule has 0 radical (unpaired) electrons. The molecule has 0 unspecified atom stereocenters. The van der Waals surface area contributed by atoms with Gasteiger partial charge in [-0.05, 0) is 36.8 Å². The Bertz CT molecular complexity index is 1320. The van der Waals surface area contributed by atoms with Crippen LogP contribution >= 0.6 is 11.3 Å². The van der Waals surface area contributed by atoms with Crippen molar-refractivity contribution in [3.8, 4) is 16.3 Å². The van der Waals surface area contributed by atoms with Crippen molar-refractivity contribution in [2.75, 3.05) is 24.6 Å². The van der Waals surface area contributed by atoms with Crippen LogP contribution in [0.5, 0.6) is 5.75 Å². The van der Waals surface area contributed by atoms with E-state index in [1.807, 2.05) is 18.2 Å². The number of fused-ring (bicyclic) bond motifs is 1. The fourth-order valence-electron chi connectivity index (χ4n) is 3.76. The first-order valence-corrected chi connectivity index (χ1v) is 12.9. The number of sulfone groups is 1. The molecule has 0 spiro atoms. The van der Waals surface area contributed by atoms with Crippen LogP contribution in [0, 0.1) is 5.82 Å². The Kier molecular flexibility index (Phi) is 6.35. The Balaban J connectivity index is 1.68. The minimum absolute atomic E-state index is 0.0954. The fourth-order valence-corrected chi connectivity index (χ4v) is 5.35. The summed E-state index contributed by atoms with van der Waals surface area (Å²) in [5.74, 6) is -0.803. The van der Waals surface area contributed by atoms with Gasteiger partial charge in [0.1, 0.15) is 28.1 Å². The van der Waals surface area contributed by atoms with E-state index in [0.29, 0.717) is 22.4 Å². The number of hydrogen-bond donors (Lipinski definition) is 1. The van der Waals surface area contributed by atoms with Crippen molar-refractivity contribution in [3.63, 3.8) is 0 Å². The summed E-state index contributed by atoms with van der Waals surface area (Å²) in [5.41, 5.74) is 7.51. The summed E-state index contributed by atoms with van der Waals surface area (Å²) in [6.45, 7) is 3.97. The van der Waals surface area contributed by atoms with Gasteiger partial charge in [0.25, 0.3) is 5.91 Å². The first-order chi connectivity index (χ1) is 15.7. The molecule has 2 aromatic carbocycles. The summed E-state index contributed by atoms with van der Waals surface area (Å²) in [6, 6.07) is 8.13. The van der Waals surface area contributed by atoms with E-state index >= 15 is 4.39 Å². The molecule has 1 amide bonds. The Morgan fingerprint density at radius 3 is 2.70 bits per heavy atom. The van der Waals surface area contributed by atoms with Crippen molar-refractivity contribution in [2.45, 2.75) is 31.7 Å². The first-order valence-electron chi connectivity index (χ1n) is 10.4. The monoisotopic (exact) mass is 490 g/mol. The van der Waals surface area contributed by atoms with Crippen molar-refractivity contribution in [3.05, 3.63) is 52.8 Å². The highest BCUT2D eigenvalue weighted by Crippen LogP contribution is 2.32. The molecule has 0 bridgehead atoms. The summed E-state index contributed by atoms with van der Waals surface area (Å²) in [4.78, 5) is 14.6. The number of aromatic nitrogens is 2. The van der Waals surface area contributed by atoms with Gasteiger partial charge >= 0.3 is 0 Å². The third kappa shape index (κ3) is 4.42. The summed E-state index contributed by atoms with van der Waals surface area (Å²) >= 11 is 1.26. The molecular weight excluding hydrogens is 467 g/mol. The van der Waals surface area contributed by atoms with Crippen molar-refractivity contribution < 1.29 is 22.3 Å². The number of halogens is 1. The van der Waals surface area contributed by atoms with Crippen LogP contribution in [-0.4, -0.2) is 48.3 Å². The normalized spacial score (nSPS) is 13.8. The molecule has 4 rings (SSSR count). The number of benzene rings is 2. The summed E-state index contributed by atoms with van der Waals surface area (Å²) in [7, 11) is -3.74. The van der Waals surface area contributed by atoms with Gasteiger partial charge in [-0.25, -0.2) is 12.8 Å². The van der Waals surface area contributed by atoms with Gasteiger partial charge < -0.3 is 15.4 Å². The molecule has 0 atom stereocenters. The largest absolute Gasteiger partial charge is 0.491 e. The standard InChI is InChI=1S/C22H23FN4O4S2/c1-3-15-16(6-8-18(19(15)23)33(29,30)4-2)21(28)27-9-10-31-17-7-5-13(11-14(17)12-27)20-25-26-22(24)32-20/h5-8,11H,3-4,9-10,12H2,1-2H3,(H2,24,26). The number of nitrogens with two attached hydrogens (primary N) is 1. The zero-order valence-corrected chi connectivity index (χ0v) is 19.8. The quantitative estimate of drug-likeness (QED) is 0.583. The molecule has 0 saturated carbocycles. The van der Waals surface area contributed by atoms with Gasteiger partial charge in [-0.15, -0.1) is 10.2 Å². The van der Waals surface area contributed by atoms with Gasteiger partial charge in [0, 0.05) is 28.8 Å². The molecule has 0 saturated heterocycles. The number of anilines is 1. The van der Waals surface area contributed by atoms with Crippen LogP contribution in [0.15, 0.2) is 35.2 Å². The van der Waals surface area contributed by atoms with E-state index in [-0.39, 0.29) is 47.3 Å². The van der Waals surface area contributed by atoms with E-state index in [2.05, 4.69) is 10.2 Å². The lowest BCUT2D eigenvalue weighted by atomic mass is 10.0. The van der Waals surface area contributed by atoms with Crippen LogP contribution in [0.3, 0.4) is 0 Å². The van der Waals surface area contributed by atoms with Gasteiger partial charge in [-0.2, -0.15) is 0 Å². The molecule has 1 aromatic heterocycles. The van der Waals surface area contributed by atoms with Crippen molar-refractivity contribution >= 4 is 32.2 Å². The van der Waals surface area contributed by atoms with E-state index in [9.17, 15) is 13.2 Å². The number of rotatable bonds is 5. The van der Waals surface area contributed by atoms with E-state index in [1.54, 1.807) is 11.8 Å². The topological polar surface area (TPSA) is 115 Å². The Hall–Kier alpha value is -3.05. The van der Waals surface area contributed by atoms with Gasteiger partial charge in [0.2, 0.25) is 5.13 Å². The van der Waals surface area contributed by atoms with Crippen LogP contribution in [0.25, 0.3) is 10.6 Å². The second-order valence-electron chi connectivity index (χ2n) is 7.50. The van der Waals surface area contributed by atoms with Crippen molar-refractivity contribution in [2.24, 2.45) is 0 Å².